The Morgan fingerprint density at radius 3 is 2.56 bits per heavy atom. The summed E-state index contributed by atoms with van der Waals surface area (Å²) >= 11 is 0. The topological polar surface area (TPSA) is 194 Å². The molecule has 5 aliphatic carbocycles. The van der Waals surface area contributed by atoms with Crippen molar-refractivity contribution in [2.45, 2.75) is 141 Å². The lowest BCUT2D eigenvalue weighted by Gasteiger charge is -2.56. The van der Waals surface area contributed by atoms with E-state index in [9.17, 15) is 20.4 Å². The van der Waals surface area contributed by atoms with Crippen molar-refractivity contribution in [2.24, 2.45) is 58.2 Å². The number of carbonyl (C=O) groups excluding carboxylic acids is 2. The molecule has 2 saturated heterocycles. The summed E-state index contributed by atoms with van der Waals surface area (Å²) < 4.78 is 13.5. The third-order valence-electron chi connectivity index (χ3n) is 22.2. The zero-order valence-corrected chi connectivity index (χ0v) is 51.8. The Bertz CT molecular complexity index is 3480. The van der Waals surface area contributed by atoms with Crippen LogP contribution in [0, 0.1) is 70.0 Å². The van der Waals surface area contributed by atoms with Gasteiger partial charge in [-0.15, -0.1) is 0 Å². The zero-order chi connectivity index (χ0) is 60.7. The molecule has 88 heavy (non-hydrogen) atoms. The van der Waals surface area contributed by atoms with Gasteiger partial charge in [0.1, 0.15) is 17.3 Å². The van der Waals surface area contributed by atoms with E-state index in [2.05, 4.69) is 112 Å². The predicted molar refractivity (Wildman–Crippen MR) is 342 cm³/mol. The molecule has 13 unspecified atom stereocenters. The number of ether oxygens (including phenoxy) is 2. The highest BCUT2D eigenvalue weighted by Gasteiger charge is 2.69. The van der Waals surface area contributed by atoms with Gasteiger partial charge in [-0.3, -0.25) is 0 Å². The van der Waals surface area contributed by atoms with Crippen molar-refractivity contribution in [3.05, 3.63) is 165 Å². The van der Waals surface area contributed by atoms with Crippen LogP contribution in [0.15, 0.2) is 131 Å². The van der Waals surface area contributed by atoms with Gasteiger partial charge >= 0.3 is 11.9 Å². The zero-order valence-electron chi connectivity index (χ0n) is 51.8. The van der Waals surface area contributed by atoms with Crippen molar-refractivity contribution >= 4 is 17.5 Å². The number of piperidine rings is 1. The van der Waals surface area contributed by atoms with E-state index in [4.69, 9.17) is 9.47 Å². The maximum Gasteiger partial charge on any atom is 0.340 e. The average molecular weight is 1190 g/mol. The average Bonchev–Trinajstić information content (AvgIpc) is 1.35. The molecule has 0 radical (unpaired) electrons. The largest absolute Gasteiger partial charge is 0.508 e. The predicted octanol–water partition coefficient (Wildman–Crippen LogP) is 10.2. The third kappa shape index (κ3) is 11.7. The van der Waals surface area contributed by atoms with Crippen molar-refractivity contribution in [2.75, 3.05) is 46.4 Å². The number of benzene rings is 4. The van der Waals surface area contributed by atoms with Crippen LogP contribution in [-0.4, -0.2) is 90.6 Å². The summed E-state index contributed by atoms with van der Waals surface area (Å²) in [5.41, 5.74) is 9.38. The summed E-state index contributed by atoms with van der Waals surface area (Å²) in [4.78, 5) is 30.9. The van der Waals surface area contributed by atoms with Crippen LogP contribution in [-0.2, 0) is 45.0 Å². The van der Waals surface area contributed by atoms with E-state index in [1.165, 1.54) is 16.7 Å². The number of rotatable bonds is 12. The van der Waals surface area contributed by atoms with Crippen molar-refractivity contribution in [1.29, 1.82) is 0 Å². The number of esters is 2. The molecule has 4 aromatic rings. The van der Waals surface area contributed by atoms with E-state index in [1.54, 1.807) is 6.07 Å². The minimum atomic E-state index is -1.11. The lowest BCUT2D eigenvalue weighted by Crippen LogP contribution is -2.52. The number of phenolic OH excluding ortho intramolecular Hbond substituents is 1. The normalized spacial score (nSPS) is 32.7. The van der Waals surface area contributed by atoms with Crippen LogP contribution in [0.3, 0.4) is 0 Å². The highest BCUT2D eigenvalue weighted by Crippen LogP contribution is 2.72. The van der Waals surface area contributed by atoms with Gasteiger partial charge in [0.2, 0.25) is 0 Å². The highest BCUT2D eigenvalue weighted by molar-refractivity contribution is 6.07. The number of hydrogen-bond donors (Lipinski definition) is 9. The number of fused-ring (bicyclic) bond motifs is 5. The van der Waals surface area contributed by atoms with Gasteiger partial charge in [0.25, 0.3) is 0 Å². The molecule has 13 heteroatoms. The molecule has 4 aromatic carbocycles. The third-order valence-corrected chi connectivity index (χ3v) is 22.2. The number of aliphatic hydroxyl groups excluding tert-OH is 2. The standard InChI is InChI=1S/C75H91N5O8/c1-4-27-77-43-51-32-47-21-28-78-42-49-12-8-14-52(34-49)57-16-15-56(83)39-61(57)66-58-19-26-75(64(88-72(85)69(66)75)37-48(23-30-81)31-46-10-6-5-7-11-46)68-59(58)17-18-60-63(87-71(84)67(60)68)20-25-74(55-22-29-79-65(38-55)76-3)40-54-35-50(44-82)13-9-24-73(2,86)45-80-70(62(54)41-74)53(33-47)36-51/h5-8,10-12,14-16,20,32-34,36-37,39,48,50,54-55,58-59,62,65,68,70,76-83,86H,4,17-19,21-31,35,38,40-45H2,1-3H3. The molecule has 15 rings (SSSR count). The SMILES string of the molecule is CCCNCc1cc2cc(c1)C1NCC(C)(O)CC#CC(CO)CC3CC(C4CCNC(NC)C4)(CC=C4OC(=O)C5=C4CCC4C6CCC7(C(=CC(CCO)Cc8ccccc8)OC(=O)C7=C6c6cc(O)ccc6-c6cccc(c6)CNCC2)C54)CC31. The lowest BCUT2D eigenvalue weighted by molar-refractivity contribution is -0.135. The summed E-state index contributed by atoms with van der Waals surface area (Å²) in [5.74, 6) is 6.93. The monoisotopic (exact) mass is 1190 g/mol. The Morgan fingerprint density at radius 2 is 1.73 bits per heavy atom. The van der Waals surface area contributed by atoms with Crippen molar-refractivity contribution in [1.82, 2.24) is 26.6 Å². The minimum Gasteiger partial charge on any atom is -0.508 e. The Labute approximate surface area is 520 Å². The molecule has 14 bridgehead atoms. The molecule has 6 heterocycles. The van der Waals surface area contributed by atoms with Crippen LogP contribution in [0.25, 0.3) is 16.7 Å². The summed E-state index contributed by atoms with van der Waals surface area (Å²) in [6.45, 7) is 8.20. The first kappa shape index (κ1) is 60.7. The van der Waals surface area contributed by atoms with Gasteiger partial charge < -0.3 is 56.5 Å². The van der Waals surface area contributed by atoms with E-state index in [0.29, 0.717) is 80.2 Å². The number of hydrogen-bond acceptors (Lipinski definition) is 13. The fraction of sp³-hybridized carbons (Fsp3) is 0.520. The van der Waals surface area contributed by atoms with E-state index in [1.807, 2.05) is 44.3 Å². The van der Waals surface area contributed by atoms with Crippen molar-refractivity contribution in [3.8, 4) is 28.7 Å². The van der Waals surface area contributed by atoms with Gasteiger partial charge in [-0.05, 0) is 245 Å². The van der Waals surface area contributed by atoms with Gasteiger partial charge in [-0.1, -0.05) is 91.6 Å². The number of allylic oxidation sites excluding steroid dienone is 5. The minimum absolute atomic E-state index is 0.0435. The fourth-order valence-corrected chi connectivity index (χ4v) is 18.2. The number of β-amino-alcohol motifs (C(OH)–C–C–N with tert-alkyl or cyclic N) is 1. The van der Waals surface area contributed by atoms with E-state index in [-0.39, 0.29) is 78.1 Å². The molecular weight excluding hydrogens is 1100 g/mol. The Balaban J connectivity index is 1.00. The van der Waals surface area contributed by atoms with Crippen LogP contribution in [0.5, 0.6) is 5.75 Å². The number of nitrogens with one attached hydrogen (secondary N) is 5. The van der Waals surface area contributed by atoms with Gasteiger partial charge in [-0.2, -0.15) is 0 Å². The van der Waals surface area contributed by atoms with E-state index < -0.39 is 22.9 Å². The van der Waals surface area contributed by atoms with Crippen LogP contribution in [0.2, 0.25) is 0 Å². The second kappa shape index (κ2) is 25.6. The van der Waals surface area contributed by atoms with Crippen LogP contribution >= 0.6 is 0 Å². The van der Waals surface area contributed by atoms with Crippen LogP contribution in [0.4, 0.5) is 0 Å². The molecule has 13 atom stereocenters. The molecule has 9 N–H and O–H groups in total. The van der Waals surface area contributed by atoms with Crippen LogP contribution < -0.4 is 26.6 Å². The summed E-state index contributed by atoms with van der Waals surface area (Å²) in [7, 11) is 2.04. The van der Waals surface area contributed by atoms with E-state index in [0.717, 1.165) is 123 Å². The second-order valence-corrected chi connectivity index (χ2v) is 27.8. The van der Waals surface area contributed by atoms with Gasteiger partial charge in [0.15, 0.2) is 0 Å². The Hall–Kier alpha value is -6.18. The molecule has 6 aliphatic heterocycles. The first-order valence-corrected chi connectivity index (χ1v) is 33.2. The molecule has 11 aliphatic rings. The quantitative estimate of drug-likeness (QED) is 0.0370. The van der Waals surface area contributed by atoms with Gasteiger partial charge in [0.05, 0.1) is 29.4 Å². The number of aliphatic hydroxyl groups is 3. The Kier molecular flexibility index (Phi) is 17.7. The smallest absolute Gasteiger partial charge is 0.340 e. The molecule has 0 amide bonds. The summed E-state index contributed by atoms with van der Waals surface area (Å²) in [5, 5.41) is 64.3. The molecule has 4 fully saturated rings. The first-order valence-electron chi connectivity index (χ1n) is 33.2. The van der Waals surface area contributed by atoms with Gasteiger partial charge in [-0.25, -0.2) is 9.59 Å². The summed E-state index contributed by atoms with van der Waals surface area (Å²) in [6.07, 6.45) is 15.6. The van der Waals surface area contributed by atoms with Crippen LogP contribution in [0.1, 0.15) is 137 Å². The number of carbonyl (C=O) groups is 2. The Morgan fingerprint density at radius 1 is 0.852 bits per heavy atom. The number of phenols is 1. The highest BCUT2D eigenvalue weighted by atomic mass is 16.6. The van der Waals surface area contributed by atoms with E-state index >= 15 is 9.59 Å². The first-order chi connectivity index (χ1) is 42.8. The van der Waals surface area contributed by atoms with Gasteiger partial charge in [0, 0.05) is 61.7 Å². The number of cyclic esters (lactones) is 1. The molecule has 464 valence electrons. The molecule has 0 aromatic heterocycles. The van der Waals surface area contributed by atoms with Crippen molar-refractivity contribution < 1.29 is 39.5 Å². The molecule has 2 saturated carbocycles. The fourth-order valence-electron chi connectivity index (χ4n) is 18.2. The second-order valence-electron chi connectivity index (χ2n) is 27.8. The summed E-state index contributed by atoms with van der Waals surface area (Å²) in [6, 6.07) is 31.5. The maximum absolute atomic E-state index is 15.5. The maximum atomic E-state index is 15.5. The molecular formula is C75H91N5O8. The molecule has 13 nitrogen and oxygen atoms in total. The number of aromatic hydroxyl groups is 1. The lowest BCUT2D eigenvalue weighted by atomic mass is 9.44. The van der Waals surface area contributed by atoms with Crippen molar-refractivity contribution in [3.63, 3.8) is 0 Å². The molecule has 1 spiro atoms.